The molecule has 1 aliphatic rings. The van der Waals surface area contributed by atoms with E-state index in [-0.39, 0.29) is 12.6 Å². The average Bonchev–Trinajstić information content (AvgIpc) is 3.10. The van der Waals surface area contributed by atoms with Gasteiger partial charge in [-0.25, -0.2) is 9.97 Å². The number of halogens is 1. The van der Waals surface area contributed by atoms with Crippen LogP contribution in [0.5, 0.6) is 6.01 Å². The number of aliphatic hydroxyl groups excluding tert-OH is 1. The maximum atomic E-state index is 14.6. The lowest BCUT2D eigenvalue weighted by molar-refractivity contribution is 0.202. The molecule has 3 aromatic heterocycles. The molecule has 1 aliphatic heterocycles. The molecule has 136 valence electrons. The van der Waals surface area contributed by atoms with Crippen molar-refractivity contribution in [1.82, 2.24) is 19.9 Å². The van der Waals surface area contributed by atoms with Crippen LogP contribution >= 0.6 is 0 Å². The minimum absolute atomic E-state index is 0.211. The summed E-state index contributed by atoms with van der Waals surface area (Å²) in [6.07, 6.45) is 3.42. The molecule has 0 unspecified atom stereocenters. The Kier molecular flexibility index (Phi) is 4.42. The van der Waals surface area contributed by atoms with Gasteiger partial charge in [0.2, 0.25) is 5.95 Å². The van der Waals surface area contributed by atoms with Gasteiger partial charge in [-0.05, 0) is 37.0 Å². The first-order valence-corrected chi connectivity index (χ1v) is 8.60. The third-order valence-electron chi connectivity index (χ3n) is 4.85. The lowest BCUT2D eigenvalue weighted by Crippen LogP contribution is -2.35. The molecule has 4 rings (SSSR count). The Morgan fingerprint density at radius 3 is 2.81 bits per heavy atom. The van der Waals surface area contributed by atoms with E-state index in [1.54, 1.807) is 18.3 Å². The molecule has 0 saturated carbocycles. The molecular formula is C18H20FN5O2. The predicted molar refractivity (Wildman–Crippen MR) is 95.7 cm³/mol. The zero-order valence-electron chi connectivity index (χ0n) is 14.4. The van der Waals surface area contributed by atoms with Crippen molar-refractivity contribution in [3.63, 3.8) is 0 Å². The number of piperidine rings is 1. The molecule has 1 fully saturated rings. The Morgan fingerprint density at radius 2 is 2.12 bits per heavy atom. The summed E-state index contributed by atoms with van der Waals surface area (Å²) in [6, 6.07) is 5.60. The van der Waals surface area contributed by atoms with Crippen LogP contribution in [-0.2, 0) is 0 Å². The van der Waals surface area contributed by atoms with Gasteiger partial charge in [0.05, 0.1) is 18.4 Å². The van der Waals surface area contributed by atoms with Gasteiger partial charge in [0.1, 0.15) is 11.5 Å². The Hall–Kier alpha value is -2.74. The zero-order chi connectivity index (χ0) is 18.1. The van der Waals surface area contributed by atoms with E-state index in [1.165, 1.54) is 7.11 Å². The second kappa shape index (κ2) is 6.87. The number of ether oxygens (including phenoxy) is 1. The largest absolute Gasteiger partial charge is 0.467 e. The molecule has 0 aromatic carbocycles. The number of nitrogens with one attached hydrogen (secondary N) is 1. The Labute approximate surface area is 149 Å². The molecule has 0 bridgehead atoms. The number of aromatic nitrogens is 4. The van der Waals surface area contributed by atoms with Crippen LogP contribution < -0.4 is 9.64 Å². The summed E-state index contributed by atoms with van der Waals surface area (Å²) in [6.45, 7) is 1.76. The lowest BCUT2D eigenvalue weighted by atomic mass is 9.98. The van der Waals surface area contributed by atoms with Crippen molar-refractivity contribution in [2.75, 3.05) is 31.7 Å². The Morgan fingerprint density at radius 1 is 1.31 bits per heavy atom. The molecule has 3 aromatic rings. The molecule has 0 spiro atoms. The van der Waals surface area contributed by atoms with E-state index in [0.29, 0.717) is 28.6 Å². The maximum absolute atomic E-state index is 14.6. The SMILES string of the molecule is COc1ncc2cc(-c3ccc(N4CCC(CO)CC4)nc3F)[nH]c2n1. The molecule has 0 atom stereocenters. The number of fused-ring (bicyclic) bond motifs is 1. The fraction of sp³-hybridized carbons (Fsp3) is 0.389. The number of pyridine rings is 1. The Balaban J connectivity index is 1.60. The number of aromatic amines is 1. The highest BCUT2D eigenvalue weighted by Crippen LogP contribution is 2.28. The summed E-state index contributed by atoms with van der Waals surface area (Å²) in [5.41, 5.74) is 1.57. The number of hydrogen-bond donors (Lipinski definition) is 2. The molecule has 7 nitrogen and oxygen atoms in total. The highest BCUT2D eigenvalue weighted by Gasteiger charge is 2.21. The second-order valence-corrected chi connectivity index (χ2v) is 6.46. The van der Waals surface area contributed by atoms with Crippen LogP contribution in [0, 0.1) is 11.9 Å². The monoisotopic (exact) mass is 357 g/mol. The van der Waals surface area contributed by atoms with E-state index in [1.807, 2.05) is 6.07 Å². The highest BCUT2D eigenvalue weighted by molar-refractivity contribution is 5.82. The van der Waals surface area contributed by atoms with Crippen molar-refractivity contribution < 1.29 is 14.2 Å². The van der Waals surface area contributed by atoms with Crippen molar-refractivity contribution >= 4 is 16.9 Å². The molecule has 26 heavy (non-hydrogen) atoms. The van der Waals surface area contributed by atoms with E-state index in [0.717, 1.165) is 31.3 Å². The molecule has 4 heterocycles. The van der Waals surface area contributed by atoms with Crippen LogP contribution in [0.15, 0.2) is 24.4 Å². The van der Waals surface area contributed by atoms with Gasteiger partial charge in [0, 0.05) is 31.3 Å². The van der Waals surface area contributed by atoms with E-state index in [9.17, 15) is 9.50 Å². The average molecular weight is 357 g/mol. The van der Waals surface area contributed by atoms with E-state index in [2.05, 4.69) is 24.8 Å². The molecule has 8 heteroatoms. The van der Waals surface area contributed by atoms with Crippen LogP contribution in [-0.4, -0.2) is 51.8 Å². The van der Waals surface area contributed by atoms with Gasteiger partial charge in [-0.15, -0.1) is 0 Å². The number of anilines is 1. The number of aliphatic hydroxyl groups is 1. The number of hydrogen-bond acceptors (Lipinski definition) is 6. The number of rotatable bonds is 4. The fourth-order valence-corrected chi connectivity index (χ4v) is 3.29. The van der Waals surface area contributed by atoms with E-state index in [4.69, 9.17) is 4.74 Å². The van der Waals surface area contributed by atoms with Gasteiger partial charge in [-0.2, -0.15) is 9.37 Å². The van der Waals surface area contributed by atoms with Gasteiger partial charge in [0.25, 0.3) is 0 Å². The van der Waals surface area contributed by atoms with Gasteiger partial charge < -0.3 is 19.7 Å². The quantitative estimate of drug-likeness (QED) is 0.697. The van der Waals surface area contributed by atoms with Gasteiger partial charge in [-0.1, -0.05) is 0 Å². The van der Waals surface area contributed by atoms with Crippen LogP contribution in [0.3, 0.4) is 0 Å². The summed E-state index contributed by atoms with van der Waals surface area (Å²) in [4.78, 5) is 17.6. The molecular weight excluding hydrogens is 337 g/mol. The third kappa shape index (κ3) is 3.08. The van der Waals surface area contributed by atoms with Crippen molar-refractivity contribution in [2.45, 2.75) is 12.8 Å². The first-order valence-electron chi connectivity index (χ1n) is 8.60. The van der Waals surface area contributed by atoms with Crippen LogP contribution in [0.2, 0.25) is 0 Å². The van der Waals surface area contributed by atoms with Gasteiger partial charge in [-0.3, -0.25) is 0 Å². The van der Waals surface area contributed by atoms with Crippen LogP contribution in [0.25, 0.3) is 22.3 Å². The number of H-pyrrole nitrogens is 1. The van der Waals surface area contributed by atoms with Crippen molar-refractivity contribution in [3.05, 3.63) is 30.3 Å². The topological polar surface area (TPSA) is 87.2 Å². The molecule has 2 N–H and O–H groups in total. The summed E-state index contributed by atoms with van der Waals surface area (Å²) in [5, 5.41) is 10.0. The number of methoxy groups -OCH3 is 1. The third-order valence-corrected chi connectivity index (χ3v) is 4.85. The van der Waals surface area contributed by atoms with Crippen molar-refractivity contribution in [1.29, 1.82) is 0 Å². The predicted octanol–water partition coefficient (Wildman–Crippen LogP) is 2.38. The lowest BCUT2D eigenvalue weighted by Gasteiger charge is -2.32. The zero-order valence-corrected chi connectivity index (χ0v) is 14.4. The first kappa shape index (κ1) is 16.7. The van der Waals surface area contributed by atoms with Crippen LogP contribution in [0.1, 0.15) is 12.8 Å². The normalized spacial score (nSPS) is 15.6. The highest BCUT2D eigenvalue weighted by atomic mass is 19.1. The molecule has 0 aliphatic carbocycles. The van der Waals surface area contributed by atoms with Gasteiger partial charge in [0.15, 0.2) is 0 Å². The summed E-state index contributed by atoms with van der Waals surface area (Å²) in [5.74, 6) is 0.429. The van der Waals surface area contributed by atoms with Crippen molar-refractivity contribution in [2.24, 2.45) is 5.92 Å². The second-order valence-electron chi connectivity index (χ2n) is 6.46. The first-order chi connectivity index (χ1) is 12.7. The van der Waals surface area contributed by atoms with E-state index < -0.39 is 5.95 Å². The van der Waals surface area contributed by atoms with Crippen LogP contribution in [0.4, 0.5) is 10.2 Å². The fourth-order valence-electron chi connectivity index (χ4n) is 3.29. The minimum atomic E-state index is -0.529. The number of nitrogens with zero attached hydrogens (tertiary/aromatic N) is 4. The Bertz CT molecular complexity index is 921. The summed E-state index contributed by atoms with van der Waals surface area (Å²) >= 11 is 0. The summed E-state index contributed by atoms with van der Waals surface area (Å²) < 4.78 is 19.7. The molecule has 0 radical (unpaired) electrons. The molecule has 0 amide bonds. The van der Waals surface area contributed by atoms with Gasteiger partial charge >= 0.3 is 6.01 Å². The minimum Gasteiger partial charge on any atom is -0.467 e. The van der Waals surface area contributed by atoms with Crippen molar-refractivity contribution in [3.8, 4) is 17.3 Å². The summed E-state index contributed by atoms with van der Waals surface area (Å²) in [7, 11) is 1.50. The molecule has 1 saturated heterocycles. The standard InChI is InChI=1S/C18H20FN5O2/c1-26-18-20-9-12-8-14(21-17(12)23-18)13-2-3-15(22-16(13)19)24-6-4-11(10-25)5-7-24/h2-3,8-9,11,25H,4-7,10H2,1H3,(H,20,21,23). The maximum Gasteiger partial charge on any atom is 0.318 e. The smallest absolute Gasteiger partial charge is 0.318 e. The van der Waals surface area contributed by atoms with E-state index >= 15 is 0 Å².